The van der Waals surface area contributed by atoms with Gasteiger partial charge in [0.2, 0.25) is 0 Å². The monoisotopic (exact) mass is 315 g/mol. The summed E-state index contributed by atoms with van der Waals surface area (Å²) < 4.78 is 7.05. The van der Waals surface area contributed by atoms with Gasteiger partial charge < -0.3 is 14.3 Å². The van der Waals surface area contributed by atoms with Crippen molar-refractivity contribution in [3.63, 3.8) is 0 Å². The molecule has 2 aromatic heterocycles. The van der Waals surface area contributed by atoms with Gasteiger partial charge >= 0.3 is 0 Å². The molecular formula is C16H14ClN3O2. The van der Waals surface area contributed by atoms with Crippen molar-refractivity contribution in [1.82, 2.24) is 14.9 Å². The van der Waals surface area contributed by atoms with Crippen LogP contribution >= 0.6 is 11.6 Å². The predicted octanol–water partition coefficient (Wildman–Crippen LogP) is 3.11. The van der Waals surface area contributed by atoms with E-state index in [1.54, 1.807) is 24.7 Å². The predicted molar refractivity (Wildman–Crippen MR) is 82.7 cm³/mol. The van der Waals surface area contributed by atoms with E-state index < -0.39 is 0 Å². The molecule has 0 radical (unpaired) electrons. The van der Waals surface area contributed by atoms with Gasteiger partial charge in [-0.25, -0.2) is 4.98 Å². The molecule has 5 nitrogen and oxygen atoms in total. The highest BCUT2D eigenvalue weighted by molar-refractivity contribution is 6.29. The maximum absolute atomic E-state index is 11.8. The lowest BCUT2D eigenvalue weighted by Crippen LogP contribution is -2.22. The van der Waals surface area contributed by atoms with E-state index in [9.17, 15) is 4.79 Å². The van der Waals surface area contributed by atoms with Gasteiger partial charge in [0.25, 0.3) is 5.91 Å². The zero-order valence-corrected chi connectivity index (χ0v) is 12.5. The highest BCUT2D eigenvalue weighted by Gasteiger charge is 2.09. The Labute approximate surface area is 132 Å². The van der Waals surface area contributed by atoms with Gasteiger partial charge in [-0.15, -0.1) is 0 Å². The summed E-state index contributed by atoms with van der Waals surface area (Å²) in [5.74, 6) is -0.0730. The highest BCUT2D eigenvalue weighted by atomic mass is 35.5. The number of amides is 1. The van der Waals surface area contributed by atoms with Crippen LogP contribution in [0.5, 0.6) is 0 Å². The first-order chi connectivity index (χ1) is 10.7. The molecule has 0 atom stereocenters. The molecule has 6 heteroatoms. The summed E-state index contributed by atoms with van der Waals surface area (Å²) in [6.07, 6.45) is 5.45. The van der Waals surface area contributed by atoms with Crippen molar-refractivity contribution in [1.29, 1.82) is 0 Å². The summed E-state index contributed by atoms with van der Waals surface area (Å²) in [5, 5.41) is 2.99. The molecular weight excluding hydrogens is 302 g/mol. The summed E-state index contributed by atoms with van der Waals surface area (Å²) in [7, 11) is 0. The Morgan fingerprint density at radius 3 is 2.59 bits per heavy atom. The lowest BCUT2D eigenvalue weighted by Gasteiger charge is -2.06. The van der Waals surface area contributed by atoms with Crippen molar-refractivity contribution in [3.8, 4) is 0 Å². The zero-order valence-electron chi connectivity index (χ0n) is 11.7. The molecule has 2 heterocycles. The maximum atomic E-state index is 11.8. The molecule has 0 aliphatic rings. The van der Waals surface area contributed by atoms with E-state index in [2.05, 4.69) is 10.3 Å². The molecule has 22 heavy (non-hydrogen) atoms. The first-order valence-corrected chi connectivity index (χ1v) is 7.15. The van der Waals surface area contributed by atoms with Crippen LogP contribution < -0.4 is 5.32 Å². The average molecular weight is 316 g/mol. The van der Waals surface area contributed by atoms with E-state index in [0.29, 0.717) is 6.54 Å². The third-order valence-electron chi connectivity index (χ3n) is 3.20. The summed E-state index contributed by atoms with van der Waals surface area (Å²) >= 11 is 5.64. The fourth-order valence-corrected chi connectivity index (χ4v) is 2.21. The number of carbonyl (C=O) groups is 1. The Hall–Kier alpha value is -2.53. The number of benzene rings is 1. The number of halogens is 1. The molecule has 0 aliphatic carbocycles. The molecule has 1 aromatic carbocycles. The van der Waals surface area contributed by atoms with Gasteiger partial charge in [-0.2, -0.15) is 0 Å². The lowest BCUT2D eigenvalue weighted by atomic mass is 10.1. The molecule has 0 saturated heterocycles. The Kier molecular flexibility index (Phi) is 4.25. The Bertz CT molecular complexity index is 748. The zero-order chi connectivity index (χ0) is 15.4. The van der Waals surface area contributed by atoms with Gasteiger partial charge in [0, 0.05) is 25.5 Å². The summed E-state index contributed by atoms with van der Waals surface area (Å²) in [4.78, 5) is 15.8. The quantitative estimate of drug-likeness (QED) is 0.787. The molecule has 0 bridgehead atoms. The molecule has 0 fully saturated rings. The minimum absolute atomic E-state index is 0.203. The minimum atomic E-state index is -0.283. The number of hydrogen-bond acceptors (Lipinski definition) is 3. The number of aromatic nitrogens is 2. The third-order valence-corrected chi connectivity index (χ3v) is 3.40. The van der Waals surface area contributed by atoms with Gasteiger partial charge in [0.15, 0.2) is 11.0 Å². The van der Waals surface area contributed by atoms with Gasteiger partial charge in [0.05, 0.1) is 6.33 Å². The number of carbonyl (C=O) groups excluding carboxylic acids is 1. The fourth-order valence-electron chi connectivity index (χ4n) is 2.06. The summed E-state index contributed by atoms with van der Waals surface area (Å²) in [5.41, 5.74) is 2.19. The molecule has 0 spiro atoms. The average Bonchev–Trinajstić information content (AvgIpc) is 3.18. The summed E-state index contributed by atoms with van der Waals surface area (Å²) in [6, 6.07) is 11.1. The number of nitrogens with one attached hydrogen (secondary N) is 1. The van der Waals surface area contributed by atoms with E-state index in [1.165, 1.54) is 5.56 Å². The van der Waals surface area contributed by atoms with Crippen molar-refractivity contribution in [3.05, 3.63) is 77.2 Å². The molecule has 3 rings (SSSR count). The van der Waals surface area contributed by atoms with Crippen LogP contribution in [-0.2, 0) is 13.1 Å². The van der Waals surface area contributed by atoms with Crippen LogP contribution in [0, 0.1) is 0 Å². The Balaban J connectivity index is 1.56. The number of rotatable bonds is 5. The maximum Gasteiger partial charge on any atom is 0.287 e. The second-order valence-corrected chi connectivity index (χ2v) is 5.21. The van der Waals surface area contributed by atoms with E-state index in [4.69, 9.17) is 16.0 Å². The van der Waals surface area contributed by atoms with E-state index in [-0.39, 0.29) is 16.9 Å². The van der Waals surface area contributed by atoms with Crippen LogP contribution in [0.1, 0.15) is 21.7 Å². The molecule has 3 aromatic rings. The molecule has 0 unspecified atom stereocenters. The SMILES string of the molecule is O=C(NCc1ccc(Cn2ccnc2)cc1)c1ccc(Cl)o1. The van der Waals surface area contributed by atoms with Gasteiger partial charge in [0.1, 0.15) is 0 Å². The standard InChI is InChI=1S/C16H14ClN3O2/c17-15-6-5-14(22-15)16(21)19-9-12-1-3-13(4-2-12)10-20-8-7-18-11-20/h1-8,11H,9-10H2,(H,19,21). The lowest BCUT2D eigenvalue weighted by molar-refractivity contribution is 0.0923. The second kappa shape index (κ2) is 6.49. The van der Waals surface area contributed by atoms with E-state index in [1.807, 2.05) is 35.0 Å². The van der Waals surface area contributed by atoms with Crippen LogP contribution in [0.15, 0.2) is 59.5 Å². The smallest absolute Gasteiger partial charge is 0.287 e. The van der Waals surface area contributed by atoms with E-state index >= 15 is 0 Å². The van der Waals surface area contributed by atoms with E-state index in [0.717, 1.165) is 12.1 Å². The highest BCUT2D eigenvalue weighted by Crippen LogP contribution is 2.13. The first kappa shape index (κ1) is 14.4. The normalized spacial score (nSPS) is 10.6. The number of imidazole rings is 1. The van der Waals surface area contributed by atoms with Gasteiger partial charge in [-0.3, -0.25) is 4.79 Å². The van der Waals surface area contributed by atoms with Crippen LogP contribution in [0.4, 0.5) is 0 Å². The van der Waals surface area contributed by atoms with Crippen LogP contribution in [0.3, 0.4) is 0 Å². The van der Waals surface area contributed by atoms with Crippen molar-refractivity contribution in [2.24, 2.45) is 0 Å². The number of hydrogen-bond donors (Lipinski definition) is 1. The molecule has 1 N–H and O–H groups in total. The van der Waals surface area contributed by atoms with Crippen LogP contribution in [0.2, 0.25) is 5.22 Å². The van der Waals surface area contributed by atoms with Gasteiger partial charge in [-0.05, 0) is 34.9 Å². The molecule has 112 valence electrons. The molecule has 1 amide bonds. The van der Waals surface area contributed by atoms with Gasteiger partial charge in [-0.1, -0.05) is 24.3 Å². The Morgan fingerprint density at radius 1 is 1.18 bits per heavy atom. The first-order valence-electron chi connectivity index (χ1n) is 6.78. The summed E-state index contributed by atoms with van der Waals surface area (Å²) in [6.45, 7) is 1.21. The number of furan rings is 1. The fraction of sp³-hybridized carbons (Fsp3) is 0.125. The van der Waals surface area contributed by atoms with Crippen molar-refractivity contribution in [2.75, 3.05) is 0 Å². The number of nitrogens with zero attached hydrogens (tertiary/aromatic N) is 2. The largest absolute Gasteiger partial charge is 0.440 e. The van der Waals surface area contributed by atoms with Crippen LogP contribution in [-0.4, -0.2) is 15.5 Å². The van der Waals surface area contributed by atoms with Crippen molar-refractivity contribution >= 4 is 17.5 Å². The topological polar surface area (TPSA) is 60.1 Å². The Morgan fingerprint density at radius 2 is 1.95 bits per heavy atom. The van der Waals surface area contributed by atoms with Crippen molar-refractivity contribution in [2.45, 2.75) is 13.1 Å². The van der Waals surface area contributed by atoms with Crippen molar-refractivity contribution < 1.29 is 9.21 Å². The molecule has 0 saturated carbocycles. The molecule has 0 aliphatic heterocycles. The minimum Gasteiger partial charge on any atom is -0.440 e. The van der Waals surface area contributed by atoms with Crippen LogP contribution in [0.25, 0.3) is 0 Å². The second-order valence-electron chi connectivity index (χ2n) is 4.84. The third kappa shape index (κ3) is 3.56.